The van der Waals surface area contributed by atoms with Crippen LogP contribution in [0.1, 0.15) is 32.6 Å². The van der Waals surface area contributed by atoms with Crippen molar-refractivity contribution in [3.05, 3.63) is 37.0 Å². The maximum atomic E-state index is 5.95. The summed E-state index contributed by atoms with van der Waals surface area (Å²) in [5, 5.41) is 0.795. The van der Waals surface area contributed by atoms with Gasteiger partial charge in [-0.2, -0.15) is 0 Å². The van der Waals surface area contributed by atoms with Gasteiger partial charge in [0, 0.05) is 0 Å². The first-order valence-electron chi connectivity index (χ1n) is 5.79. The first-order chi connectivity index (χ1) is 8.52. The van der Waals surface area contributed by atoms with Gasteiger partial charge in [0.15, 0.2) is 0 Å². The Morgan fingerprint density at radius 1 is 1.28 bits per heavy atom. The normalized spacial score (nSPS) is 13.7. The van der Waals surface area contributed by atoms with Crippen LogP contribution in [0.3, 0.4) is 0 Å². The summed E-state index contributed by atoms with van der Waals surface area (Å²) in [6.07, 6.45) is 5.01. The van der Waals surface area contributed by atoms with Gasteiger partial charge in [-0.3, -0.25) is 0 Å². The summed E-state index contributed by atoms with van der Waals surface area (Å²) in [5.41, 5.74) is 0. The molecule has 1 aromatic rings. The Balaban J connectivity index is 2.85. The van der Waals surface area contributed by atoms with E-state index in [1.807, 2.05) is 12.1 Å². The van der Waals surface area contributed by atoms with Crippen molar-refractivity contribution in [1.29, 1.82) is 0 Å². The van der Waals surface area contributed by atoms with E-state index in [9.17, 15) is 0 Å². The van der Waals surface area contributed by atoms with E-state index in [0.29, 0.717) is 0 Å². The van der Waals surface area contributed by atoms with E-state index in [1.54, 1.807) is 0 Å². The Kier molecular flexibility index (Phi) is 8.78. The predicted octanol–water partition coefficient (Wildman–Crippen LogP) is 6.22. The SMILES string of the molecule is CCCCC/C(=C\I)[Te](Br)(Br)c1ccc(Cl)cc1. The van der Waals surface area contributed by atoms with Gasteiger partial charge in [0.05, 0.1) is 0 Å². The molecule has 0 spiro atoms. The van der Waals surface area contributed by atoms with E-state index in [2.05, 4.69) is 71.2 Å². The number of benzene rings is 1. The van der Waals surface area contributed by atoms with Crippen LogP contribution in [0.4, 0.5) is 0 Å². The topological polar surface area (TPSA) is 0 Å². The third-order valence-corrected chi connectivity index (χ3v) is 20.8. The second-order valence-electron chi connectivity index (χ2n) is 3.96. The van der Waals surface area contributed by atoms with Gasteiger partial charge in [-0.05, 0) is 0 Å². The van der Waals surface area contributed by atoms with Crippen LogP contribution in [-0.2, 0) is 0 Å². The van der Waals surface area contributed by atoms with Gasteiger partial charge in [0.25, 0.3) is 0 Å². The summed E-state index contributed by atoms with van der Waals surface area (Å²) >= 11 is 13.8. The quantitative estimate of drug-likeness (QED) is 0.201. The molecule has 18 heavy (non-hydrogen) atoms. The van der Waals surface area contributed by atoms with E-state index in [1.165, 1.54) is 32.9 Å². The van der Waals surface area contributed by atoms with Crippen molar-refractivity contribution >= 4 is 77.1 Å². The number of hydrogen-bond donors (Lipinski definition) is 0. The van der Waals surface area contributed by atoms with Gasteiger partial charge in [0.2, 0.25) is 0 Å². The van der Waals surface area contributed by atoms with Crippen molar-refractivity contribution in [3.8, 4) is 0 Å². The van der Waals surface area contributed by atoms with Gasteiger partial charge in [-0.1, -0.05) is 0 Å². The van der Waals surface area contributed by atoms with Crippen molar-refractivity contribution in [2.24, 2.45) is 0 Å². The van der Waals surface area contributed by atoms with Crippen molar-refractivity contribution < 1.29 is 0 Å². The second kappa shape index (κ2) is 8.89. The van der Waals surface area contributed by atoms with Crippen LogP contribution in [-0.4, -0.2) is 13.8 Å². The molecule has 0 aliphatic carbocycles. The molecule has 0 fully saturated rings. The van der Waals surface area contributed by atoms with Crippen LogP contribution in [0.2, 0.25) is 5.02 Å². The summed E-state index contributed by atoms with van der Waals surface area (Å²) in [7, 11) is 0. The molecule has 0 bridgehead atoms. The van der Waals surface area contributed by atoms with Gasteiger partial charge >= 0.3 is 147 Å². The zero-order valence-corrected chi connectivity index (χ0v) is 18.6. The molecule has 102 valence electrons. The Hall–Kier alpha value is 1.73. The van der Waals surface area contributed by atoms with Crippen LogP contribution >= 0.6 is 59.7 Å². The molecule has 1 aromatic carbocycles. The molecule has 0 saturated carbocycles. The second-order valence-corrected chi connectivity index (χ2v) is 29.4. The molecule has 0 heterocycles. The Morgan fingerprint density at radius 3 is 2.39 bits per heavy atom. The maximum absolute atomic E-state index is 5.95. The molecule has 0 nitrogen and oxygen atoms in total. The monoisotopic (exact) mass is 622 g/mol. The summed E-state index contributed by atoms with van der Waals surface area (Å²) in [5.74, 6) is 0. The third-order valence-electron chi connectivity index (χ3n) is 2.59. The molecule has 0 radical (unpaired) electrons. The summed E-state index contributed by atoms with van der Waals surface area (Å²) < 4.78 is 5.14. The van der Waals surface area contributed by atoms with Crippen LogP contribution in [0.5, 0.6) is 0 Å². The fourth-order valence-corrected chi connectivity index (χ4v) is 19.2. The number of unbranched alkanes of at least 4 members (excludes halogenated alkanes) is 2. The Bertz CT molecular complexity index is 404. The first-order valence-corrected chi connectivity index (χ1v) is 20.2. The fourth-order valence-electron chi connectivity index (χ4n) is 1.54. The molecule has 0 atom stereocenters. The summed E-state index contributed by atoms with van der Waals surface area (Å²) in [6.45, 7) is 2.24. The van der Waals surface area contributed by atoms with Crippen LogP contribution in [0.15, 0.2) is 32.0 Å². The fraction of sp³-hybridized carbons (Fsp3) is 0.385. The van der Waals surface area contributed by atoms with E-state index in [4.69, 9.17) is 11.6 Å². The molecule has 0 unspecified atom stereocenters. The van der Waals surface area contributed by atoms with Crippen molar-refractivity contribution in [2.75, 3.05) is 0 Å². The van der Waals surface area contributed by atoms with Gasteiger partial charge in [0.1, 0.15) is 0 Å². The average Bonchev–Trinajstić information content (AvgIpc) is 2.35. The van der Waals surface area contributed by atoms with Crippen LogP contribution in [0, 0.1) is 0 Å². The summed E-state index contributed by atoms with van der Waals surface area (Å²) in [6, 6.07) is 8.20. The van der Waals surface area contributed by atoms with Gasteiger partial charge in [-0.25, -0.2) is 0 Å². The van der Waals surface area contributed by atoms with Gasteiger partial charge < -0.3 is 0 Å². The molecule has 0 aromatic heterocycles. The molecular formula is C13H16Br2ClITe. The minimum absolute atomic E-state index is 0.795. The molecule has 0 saturated heterocycles. The molecular weight excluding hydrogens is 606 g/mol. The minimum atomic E-state index is -2.44. The predicted molar refractivity (Wildman–Crippen MR) is 101 cm³/mol. The molecule has 0 aliphatic heterocycles. The van der Waals surface area contributed by atoms with E-state index >= 15 is 0 Å². The number of allylic oxidation sites excluding steroid dienone is 1. The molecule has 0 amide bonds. The zero-order chi connectivity index (χ0) is 13.6. The standard InChI is InChI=1S/C13H16Br2ClITe/c1-2-3-4-5-13(10-17)18(14,15)12-8-6-11(16)7-9-12/h6-10H,2-5H2,1H3/b13-10+. The summed E-state index contributed by atoms with van der Waals surface area (Å²) in [4.78, 5) is 0. The van der Waals surface area contributed by atoms with E-state index < -0.39 is 13.8 Å². The number of halogens is 4. The van der Waals surface area contributed by atoms with E-state index in [0.717, 1.165) is 5.02 Å². The molecule has 0 N–H and O–H groups in total. The third kappa shape index (κ3) is 5.25. The van der Waals surface area contributed by atoms with Crippen LogP contribution in [0.25, 0.3) is 0 Å². The number of hydrogen-bond acceptors (Lipinski definition) is 0. The number of rotatable bonds is 6. The zero-order valence-electron chi connectivity index (χ0n) is 10.1. The first kappa shape index (κ1) is 17.8. The van der Waals surface area contributed by atoms with Crippen LogP contribution < -0.4 is 3.61 Å². The van der Waals surface area contributed by atoms with Crippen molar-refractivity contribution in [2.45, 2.75) is 32.6 Å². The Labute approximate surface area is 144 Å². The van der Waals surface area contributed by atoms with Crippen molar-refractivity contribution in [1.82, 2.24) is 0 Å². The average molecular weight is 622 g/mol. The molecule has 0 aliphatic rings. The van der Waals surface area contributed by atoms with Crippen molar-refractivity contribution in [3.63, 3.8) is 0 Å². The Morgan fingerprint density at radius 2 is 1.89 bits per heavy atom. The molecule has 5 heteroatoms. The van der Waals surface area contributed by atoms with E-state index in [-0.39, 0.29) is 0 Å². The van der Waals surface area contributed by atoms with Gasteiger partial charge in [-0.15, -0.1) is 0 Å². The molecule has 1 rings (SSSR count).